The summed E-state index contributed by atoms with van der Waals surface area (Å²) in [6.45, 7) is 10.2. The number of nitrogens with one attached hydrogen (secondary N) is 1. The number of aliphatic imine (C=N–C) groups is 1. The third-order valence-electron chi connectivity index (χ3n) is 5.87. The van der Waals surface area contributed by atoms with Crippen molar-refractivity contribution in [2.45, 2.75) is 26.3 Å². The summed E-state index contributed by atoms with van der Waals surface area (Å²) in [5.74, 6) is 2.58. The average molecular weight is 412 g/mol. The van der Waals surface area contributed by atoms with Gasteiger partial charge in [0.25, 0.3) is 0 Å². The van der Waals surface area contributed by atoms with Crippen LogP contribution in [0.3, 0.4) is 0 Å². The monoisotopic (exact) mass is 411 g/mol. The second-order valence-corrected chi connectivity index (χ2v) is 7.92. The van der Waals surface area contributed by atoms with E-state index in [9.17, 15) is 0 Å². The highest BCUT2D eigenvalue weighted by molar-refractivity contribution is 5.80. The second-order valence-electron chi connectivity index (χ2n) is 7.92. The highest BCUT2D eigenvalue weighted by Gasteiger charge is 2.21. The Kier molecular flexibility index (Phi) is 7.18. The van der Waals surface area contributed by atoms with Crippen LogP contribution in [-0.2, 0) is 17.7 Å². The van der Waals surface area contributed by atoms with Crippen LogP contribution in [0.1, 0.15) is 19.2 Å². The van der Waals surface area contributed by atoms with Crippen LogP contribution in [0.15, 0.2) is 41.7 Å². The van der Waals surface area contributed by atoms with Crippen LogP contribution in [0.2, 0.25) is 0 Å². The predicted octanol–water partition coefficient (Wildman–Crippen LogP) is 1.64. The van der Waals surface area contributed by atoms with Crippen LogP contribution in [0.5, 0.6) is 0 Å². The van der Waals surface area contributed by atoms with Gasteiger partial charge in [0.2, 0.25) is 0 Å². The molecule has 1 aromatic heterocycles. The van der Waals surface area contributed by atoms with E-state index in [1.807, 2.05) is 6.33 Å². The molecule has 1 atom stereocenters. The highest BCUT2D eigenvalue weighted by Crippen LogP contribution is 2.16. The number of aromatic nitrogens is 3. The lowest BCUT2D eigenvalue weighted by molar-refractivity contribution is 0.187. The van der Waals surface area contributed by atoms with Crippen LogP contribution >= 0.6 is 0 Å². The van der Waals surface area contributed by atoms with Crippen molar-refractivity contribution >= 4 is 11.6 Å². The first-order valence-corrected chi connectivity index (χ1v) is 11.1. The fraction of sp³-hybridized carbons (Fsp3) is 0.591. The summed E-state index contributed by atoms with van der Waals surface area (Å²) >= 11 is 0. The summed E-state index contributed by atoms with van der Waals surface area (Å²) in [6.07, 6.45) is 3.81. The quantitative estimate of drug-likeness (QED) is 0.552. The molecule has 4 rings (SSSR count). The molecule has 2 saturated heterocycles. The van der Waals surface area contributed by atoms with E-state index in [2.05, 4.69) is 67.1 Å². The zero-order valence-corrected chi connectivity index (χ0v) is 17.9. The third-order valence-corrected chi connectivity index (χ3v) is 5.87. The minimum absolute atomic E-state index is 0.539. The van der Waals surface area contributed by atoms with Crippen molar-refractivity contribution in [3.05, 3.63) is 42.5 Å². The van der Waals surface area contributed by atoms with Crippen LogP contribution in [0, 0.1) is 5.92 Å². The molecule has 0 bridgehead atoms. The van der Waals surface area contributed by atoms with Gasteiger partial charge in [-0.05, 0) is 18.6 Å². The van der Waals surface area contributed by atoms with Crippen molar-refractivity contribution in [1.82, 2.24) is 25.0 Å². The van der Waals surface area contributed by atoms with Crippen LogP contribution in [0.25, 0.3) is 0 Å². The van der Waals surface area contributed by atoms with E-state index in [1.54, 1.807) is 0 Å². The Labute approximate surface area is 178 Å². The summed E-state index contributed by atoms with van der Waals surface area (Å²) in [6, 6.07) is 10.7. The average Bonchev–Trinajstić information content (AvgIpc) is 3.49. The number of rotatable bonds is 7. The summed E-state index contributed by atoms with van der Waals surface area (Å²) in [5.41, 5.74) is 1.30. The standard InChI is InChI=1S/C22H33N7O/c1-2-21-26-25-18-29(21)10-9-23-22(24-16-19-8-15-30-17-19)28-13-11-27(12-14-28)20-6-4-3-5-7-20/h3-7,18-19H,2,8-17H2,1H3,(H,23,24). The van der Waals surface area contributed by atoms with E-state index in [4.69, 9.17) is 9.73 Å². The Hall–Kier alpha value is -2.61. The number of hydrogen-bond acceptors (Lipinski definition) is 5. The summed E-state index contributed by atoms with van der Waals surface area (Å²) in [4.78, 5) is 9.82. The molecular formula is C22H33N7O. The molecule has 1 N–H and O–H groups in total. The molecule has 2 fully saturated rings. The molecule has 0 radical (unpaired) electrons. The first-order valence-electron chi connectivity index (χ1n) is 11.1. The fourth-order valence-corrected chi connectivity index (χ4v) is 4.05. The van der Waals surface area contributed by atoms with Crippen molar-refractivity contribution in [2.24, 2.45) is 10.9 Å². The SMILES string of the molecule is CCc1nncn1CCNC(=NCC1CCOC1)N1CCN(c2ccccc2)CC1. The van der Waals surface area contributed by atoms with E-state index in [-0.39, 0.29) is 0 Å². The molecule has 0 aliphatic carbocycles. The molecule has 2 aliphatic heterocycles. The molecule has 8 nitrogen and oxygen atoms in total. The maximum absolute atomic E-state index is 5.53. The molecule has 1 unspecified atom stereocenters. The van der Waals surface area contributed by atoms with Crippen molar-refractivity contribution in [3.63, 3.8) is 0 Å². The molecule has 30 heavy (non-hydrogen) atoms. The van der Waals surface area contributed by atoms with Crippen molar-refractivity contribution in [2.75, 3.05) is 57.4 Å². The number of para-hydroxylation sites is 1. The molecule has 1 aromatic carbocycles. The zero-order chi connectivity index (χ0) is 20.6. The van der Waals surface area contributed by atoms with Crippen LogP contribution < -0.4 is 10.2 Å². The first-order chi connectivity index (χ1) is 14.8. The van der Waals surface area contributed by atoms with Gasteiger partial charge in [-0.15, -0.1) is 10.2 Å². The summed E-state index contributed by atoms with van der Waals surface area (Å²) in [5, 5.41) is 11.8. The predicted molar refractivity (Wildman–Crippen MR) is 119 cm³/mol. The highest BCUT2D eigenvalue weighted by atomic mass is 16.5. The Balaban J connectivity index is 1.35. The number of guanidine groups is 1. The Morgan fingerprint density at radius 1 is 1.20 bits per heavy atom. The van der Waals surface area contributed by atoms with Gasteiger partial charge in [0, 0.05) is 70.4 Å². The first kappa shape index (κ1) is 20.7. The fourth-order valence-electron chi connectivity index (χ4n) is 4.05. The number of piperazine rings is 1. The van der Waals surface area contributed by atoms with E-state index in [1.165, 1.54) is 5.69 Å². The van der Waals surface area contributed by atoms with Gasteiger partial charge in [-0.3, -0.25) is 4.99 Å². The topological polar surface area (TPSA) is 70.8 Å². The largest absolute Gasteiger partial charge is 0.381 e. The molecule has 2 aromatic rings. The molecule has 162 valence electrons. The zero-order valence-electron chi connectivity index (χ0n) is 17.9. The molecule has 8 heteroatoms. The summed E-state index contributed by atoms with van der Waals surface area (Å²) < 4.78 is 7.64. The van der Waals surface area contributed by atoms with Gasteiger partial charge in [0.15, 0.2) is 5.96 Å². The molecule has 0 amide bonds. The smallest absolute Gasteiger partial charge is 0.194 e. The van der Waals surface area contributed by atoms with E-state index < -0.39 is 0 Å². The lowest BCUT2D eigenvalue weighted by Gasteiger charge is -2.38. The molecule has 2 aliphatic rings. The number of aryl methyl sites for hydroxylation is 1. The second kappa shape index (κ2) is 10.4. The van der Waals surface area contributed by atoms with Crippen LogP contribution in [-0.4, -0.2) is 78.1 Å². The minimum Gasteiger partial charge on any atom is -0.381 e. The molecule has 3 heterocycles. The number of ether oxygens (including phenoxy) is 1. The number of benzene rings is 1. The van der Waals surface area contributed by atoms with Gasteiger partial charge in [-0.25, -0.2) is 0 Å². The molecular weight excluding hydrogens is 378 g/mol. The Morgan fingerprint density at radius 2 is 2.03 bits per heavy atom. The normalized spacial score (nSPS) is 20.0. The Bertz CT molecular complexity index is 793. The maximum atomic E-state index is 5.53. The van der Waals surface area contributed by atoms with Gasteiger partial charge < -0.3 is 24.4 Å². The minimum atomic E-state index is 0.539. The van der Waals surface area contributed by atoms with Crippen LogP contribution in [0.4, 0.5) is 5.69 Å². The van der Waals surface area contributed by atoms with E-state index in [0.29, 0.717) is 5.92 Å². The van der Waals surface area contributed by atoms with Gasteiger partial charge in [0.1, 0.15) is 12.2 Å². The maximum Gasteiger partial charge on any atom is 0.194 e. The number of nitrogens with zero attached hydrogens (tertiary/aromatic N) is 6. The number of hydrogen-bond donors (Lipinski definition) is 1. The van der Waals surface area contributed by atoms with Crippen molar-refractivity contribution < 1.29 is 4.74 Å². The van der Waals surface area contributed by atoms with Gasteiger partial charge in [0.05, 0.1) is 6.61 Å². The summed E-state index contributed by atoms with van der Waals surface area (Å²) in [7, 11) is 0. The third kappa shape index (κ3) is 5.30. The van der Waals surface area contributed by atoms with E-state index in [0.717, 1.165) is 83.7 Å². The lowest BCUT2D eigenvalue weighted by atomic mass is 10.1. The van der Waals surface area contributed by atoms with E-state index >= 15 is 0 Å². The van der Waals surface area contributed by atoms with Gasteiger partial charge >= 0.3 is 0 Å². The van der Waals surface area contributed by atoms with Crippen molar-refractivity contribution in [1.29, 1.82) is 0 Å². The molecule has 0 spiro atoms. The van der Waals surface area contributed by atoms with Gasteiger partial charge in [-0.2, -0.15) is 0 Å². The lowest BCUT2D eigenvalue weighted by Crippen LogP contribution is -2.53. The van der Waals surface area contributed by atoms with Gasteiger partial charge in [-0.1, -0.05) is 25.1 Å². The number of anilines is 1. The molecule has 0 saturated carbocycles. The Morgan fingerprint density at radius 3 is 2.77 bits per heavy atom. The van der Waals surface area contributed by atoms with Crippen molar-refractivity contribution in [3.8, 4) is 0 Å².